The number of hydrogen-bond acceptors (Lipinski definition) is 5. The molecule has 3 rings (SSSR count). The number of fused-ring (bicyclic) bond motifs is 1. The molecule has 2 heterocycles. The fourth-order valence-electron chi connectivity index (χ4n) is 2.27. The zero-order valence-corrected chi connectivity index (χ0v) is 14.1. The highest BCUT2D eigenvalue weighted by Gasteiger charge is 2.13. The number of primary sulfonamides is 1. The van der Waals surface area contributed by atoms with E-state index in [1.165, 1.54) is 12.1 Å². The normalized spacial score (nSPS) is 11.8. The van der Waals surface area contributed by atoms with Crippen molar-refractivity contribution in [2.24, 2.45) is 12.2 Å². The van der Waals surface area contributed by atoms with Crippen LogP contribution in [0.2, 0.25) is 5.15 Å². The van der Waals surface area contributed by atoms with Crippen LogP contribution in [0.4, 0.5) is 10.1 Å². The van der Waals surface area contributed by atoms with Crippen molar-refractivity contribution in [1.29, 1.82) is 0 Å². The summed E-state index contributed by atoms with van der Waals surface area (Å²) >= 11 is 5.99. The van der Waals surface area contributed by atoms with E-state index in [0.717, 1.165) is 11.5 Å². The summed E-state index contributed by atoms with van der Waals surface area (Å²) in [7, 11) is -2.20. The van der Waals surface area contributed by atoms with Gasteiger partial charge in [0.25, 0.3) is 0 Å². The molecule has 0 radical (unpaired) electrons. The van der Waals surface area contributed by atoms with Crippen molar-refractivity contribution >= 4 is 38.3 Å². The van der Waals surface area contributed by atoms with Crippen molar-refractivity contribution in [3.05, 3.63) is 47.0 Å². The highest BCUT2D eigenvalue weighted by atomic mass is 35.5. The second kappa shape index (κ2) is 6.00. The van der Waals surface area contributed by atoms with E-state index in [9.17, 15) is 12.8 Å². The van der Waals surface area contributed by atoms with Gasteiger partial charge < -0.3 is 5.32 Å². The van der Waals surface area contributed by atoms with Gasteiger partial charge in [0, 0.05) is 19.2 Å². The molecule has 1 aromatic carbocycles. The maximum atomic E-state index is 14.1. The van der Waals surface area contributed by atoms with E-state index < -0.39 is 15.8 Å². The number of anilines is 1. The molecule has 10 heteroatoms. The van der Waals surface area contributed by atoms with E-state index in [1.807, 2.05) is 0 Å². The van der Waals surface area contributed by atoms with Crippen molar-refractivity contribution in [2.75, 3.05) is 5.32 Å². The summed E-state index contributed by atoms with van der Waals surface area (Å²) in [5.74, 6) is -0.670. The zero-order valence-electron chi connectivity index (χ0n) is 12.5. The van der Waals surface area contributed by atoms with Gasteiger partial charge in [-0.05, 0) is 18.2 Å². The monoisotopic (exact) mass is 369 g/mol. The lowest BCUT2D eigenvalue weighted by molar-refractivity contribution is 0.589. The molecule has 0 spiro atoms. The van der Waals surface area contributed by atoms with Gasteiger partial charge in [-0.3, -0.25) is 4.68 Å². The molecule has 0 bridgehead atoms. The number of nitrogens with two attached hydrogens (primary N) is 1. The largest absolute Gasteiger partial charge is 0.380 e. The number of halogens is 2. The number of sulfonamides is 1. The van der Waals surface area contributed by atoms with Crippen molar-refractivity contribution < 1.29 is 12.8 Å². The van der Waals surface area contributed by atoms with Crippen LogP contribution in [0, 0.1) is 5.82 Å². The summed E-state index contributed by atoms with van der Waals surface area (Å²) in [6.45, 7) is 0.126. The first-order valence-corrected chi connectivity index (χ1v) is 8.71. The molecule has 0 amide bonds. The van der Waals surface area contributed by atoms with Gasteiger partial charge in [-0.25, -0.2) is 22.9 Å². The summed E-state index contributed by atoms with van der Waals surface area (Å²) in [6, 6.07) is 5.13. The first kappa shape index (κ1) is 16.6. The standard InChI is InChI=1S/C14H13ClFN5O2S/c1-21-14-10(7-19-21)12(5-13(15)20-14)18-6-8-2-3-9(4-11(8)16)24(17,22)23/h2-5,7H,6H2,1H3,(H,18,20)(H2,17,22,23). The van der Waals surface area contributed by atoms with Crippen LogP contribution in [-0.2, 0) is 23.6 Å². The highest BCUT2D eigenvalue weighted by Crippen LogP contribution is 2.25. The Kier molecular flexibility index (Phi) is 4.16. The SMILES string of the molecule is Cn1ncc2c(NCc3ccc(S(N)(=O)=O)cc3F)cc(Cl)nc21. The number of hydrogen-bond donors (Lipinski definition) is 2. The average molecular weight is 370 g/mol. The van der Waals surface area contributed by atoms with Crippen molar-refractivity contribution in [3.63, 3.8) is 0 Å². The number of benzene rings is 1. The molecule has 0 saturated carbocycles. The van der Waals surface area contributed by atoms with E-state index in [-0.39, 0.29) is 22.2 Å². The smallest absolute Gasteiger partial charge is 0.238 e. The summed E-state index contributed by atoms with van der Waals surface area (Å²) in [5.41, 5.74) is 1.52. The topological polar surface area (TPSA) is 103 Å². The molecule has 3 N–H and O–H groups in total. The number of aromatic nitrogens is 3. The van der Waals surface area contributed by atoms with Gasteiger partial charge in [0.15, 0.2) is 5.65 Å². The van der Waals surface area contributed by atoms with E-state index in [0.29, 0.717) is 11.3 Å². The molecular formula is C14H13ClFN5O2S. The molecule has 0 aliphatic carbocycles. The molecule has 3 aromatic rings. The third-order valence-corrected chi connectivity index (χ3v) is 4.60. The Labute approximate surface area is 142 Å². The molecule has 126 valence electrons. The predicted octanol–water partition coefficient (Wildman–Crippen LogP) is 2.02. The Morgan fingerprint density at radius 1 is 1.38 bits per heavy atom. The Bertz CT molecular complexity index is 1040. The van der Waals surface area contributed by atoms with E-state index in [1.54, 1.807) is 24.0 Å². The predicted molar refractivity (Wildman–Crippen MR) is 88.6 cm³/mol. The summed E-state index contributed by atoms with van der Waals surface area (Å²) in [5, 5.41) is 13.2. The van der Waals surface area contributed by atoms with Crippen LogP contribution in [0.1, 0.15) is 5.56 Å². The number of nitrogens with zero attached hydrogens (tertiary/aromatic N) is 3. The van der Waals surface area contributed by atoms with Crippen LogP contribution < -0.4 is 10.5 Å². The molecule has 0 aliphatic heterocycles. The molecule has 2 aromatic heterocycles. The number of aryl methyl sites for hydroxylation is 1. The molecule has 7 nitrogen and oxygen atoms in total. The van der Waals surface area contributed by atoms with Crippen molar-refractivity contribution in [3.8, 4) is 0 Å². The average Bonchev–Trinajstić information content (AvgIpc) is 2.86. The summed E-state index contributed by atoms with van der Waals surface area (Å²) < 4.78 is 38.1. The van der Waals surface area contributed by atoms with Gasteiger partial charge in [-0.1, -0.05) is 17.7 Å². The van der Waals surface area contributed by atoms with E-state index in [4.69, 9.17) is 16.7 Å². The van der Waals surface area contributed by atoms with Crippen LogP contribution in [0.15, 0.2) is 35.4 Å². The Balaban J connectivity index is 1.89. The van der Waals surface area contributed by atoms with Crippen LogP contribution in [-0.4, -0.2) is 23.2 Å². The summed E-state index contributed by atoms with van der Waals surface area (Å²) in [6.07, 6.45) is 1.63. The molecule has 0 unspecified atom stereocenters. The fourth-order valence-corrected chi connectivity index (χ4v) is 2.98. The minimum Gasteiger partial charge on any atom is -0.380 e. The molecule has 0 aliphatic rings. The van der Waals surface area contributed by atoms with Gasteiger partial charge >= 0.3 is 0 Å². The number of pyridine rings is 1. The van der Waals surface area contributed by atoms with Crippen LogP contribution in [0.5, 0.6) is 0 Å². The van der Waals surface area contributed by atoms with Gasteiger partial charge in [0.2, 0.25) is 10.0 Å². The lowest BCUT2D eigenvalue weighted by atomic mass is 10.2. The second-order valence-corrected chi connectivity index (χ2v) is 7.10. The van der Waals surface area contributed by atoms with E-state index >= 15 is 0 Å². The molecule has 0 atom stereocenters. The minimum atomic E-state index is -3.94. The van der Waals surface area contributed by atoms with Gasteiger partial charge in [-0.15, -0.1) is 0 Å². The zero-order chi connectivity index (χ0) is 17.5. The molecule has 24 heavy (non-hydrogen) atoms. The quantitative estimate of drug-likeness (QED) is 0.685. The maximum Gasteiger partial charge on any atom is 0.238 e. The van der Waals surface area contributed by atoms with E-state index in [2.05, 4.69) is 15.4 Å². The minimum absolute atomic E-state index is 0.126. The molecule has 0 saturated heterocycles. The third-order valence-electron chi connectivity index (χ3n) is 3.50. The number of rotatable bonds is 4. The third kappa shape index (κ3) is 3.18. The Morgan fingerprint density at radius 3 is 2.79 bits per heavy atom. The van der Waals surface area contributed by atoms with Gasteiger partial charge in [0.1, 0.15) is 11.0 Å². The maximum absolute atomic E-state index is 14.1. The van der Waals surface area contributed by atoms with Crippen molar-refractivity contribution in [2.45, 2.75) is 11.4 Å². The van der Waals surface area contributed by atoms with Crippen molar-refractivity contribution in [1.82, 2.24) is 14.8 Å². The van der Waals surface area contributed by atoms with Crippen LogP contribution in [0.25, 0.3) is 11.0 Å². The number of nitrogens with one attached hydrogen (secondary N) is 1. The molecular weight excluding hydrogens is 357 g/mol. The molecule has 0 fully saturated rings. The highest BCUT2D eigenvalue weighted by molar-refractivity contribution is 7.89. The Hall–Kier alpha value is -2.23. The fraction of sp³-hybridized carbons (Fsp3) is 0.143. The van der Waals surface area contributed by atoms with Gasteiger partial charge in [-0.2, -0.15) is 5.10 Å². The Morgan fingerprint density at radius 2 is 2.12 bits per heavy atom. The summed E-state index contributed by atoms with van der Waals surface area (Å²) in [4.78, 5) is 3.91. The van der Waals surface area contributed by atoms with Crippen LogP contribution in [0.3, 0.4) is 0 Å². The first-order valence-electron chi connectivity index (χ1n) is 6.79. The lowest BCUT2D eigenvalue weighted by Gasteiger charge is -2.10. The lowest BCUT2D eigenvalue weighted by Crippen LogP contribution is -2.13. The first-order chi connectivity index (χ1) is 11.3. The van der Waals surface area contributed by atoms with Gasteiger partial charge in [0.05, 0.1) is 22.2 Å². The second-order valence-electron chi connectivity index (χ2n) is 5.15. The van der Waals surface area contributed by atoms with Crippen LogP contribution >= 0.6 is 11.6 Å².